The largest absolute Gasteiger partial charge is 0.308 e. The molecule has 1 fully saturated rings. The minimum Gasteiger partial charge on any atom is -0.308 e. The predicted molar refractivity (Wildman–Crippen MR) is 127 cm³/mol. The Balaban J connectivity index is 1.79. The average molecular weight is 451 g/mol. The van der Waals surface area contributed by atoms with Crippen LogP contribution in [0.25, 0.3) is 0 Å². The molecule has 1 saturated carbocycles. The van der Waals surface area contributed by atoms with Crippen molar-refractivity contribution in [2.75, 3.05) is 16.3 Å². The number of para-hydroxylation sites is 1. The van der Waals surface area contributed by atoms with E-state index >= 15 is 0 Å². The van der Waals surface area contributed by atoms with Gasteiger partial charge < -0.3 is 9.80 Å². The highest BCUT2D eigenvalue weighted by Gasteiger charge is 2.49. The number of hydrogen-bond donors (Lipinski definition) is 0. The standard InChI is InChI=1S/C26H27ClN2O3/c1-4-28(18-8-6-5-7-9-18)24(31)21-14-20-22(15-26(2,3)16-23(20)30)29(25(21)32)19-12-10-17(27)11-13-19/h5-14,20,22H,4,15-16H2,1-3H3. The quantitative estimate of drug-likeness (QED) is 0.613. The molecule has 0 spiro atoms. The maximum absolute atomic E-state index is 13.7. The van der Waals surface area contributed by atoms with Gasteiger partial charge in [-0.1, -0.05) is 49.7 Å². The lowest BCUT2D eigenvalue weighted by Crippen LogP contribution is -2.57. The van der Waals surface area contributed by atoms with Gasteiger partial charge in [0.05, 0.1) is 12.0 Å². The van der Waals surface area contributed by atoms with E-state index in [2.05, 4.69) is 0 Å². The van der Waals surface area contributed by atoms with Crippen molar-refractivity contribution in [3.63, 3.8) is 0 Å². The molecule has 0 aromatic heterocycles. The van der Waals surface area contributed by atoms with Gasteiger partial charge in [-0.05, 0) is 55.2 Å². The van der Waals surface area contributed by atoms with Crippen molar-refractivity contribution in [2.24, 2.45) is 11.3 Å². The molecule has 1 heterocycles. The van der Waals surface area contributed by atoms with Gasteiger partial charge in [0.2, 0.25) is 0 Å². The number of rotatable bonds is 4. The fourth-order valence-corrected chi connectivity index (χ4v) is 4.95. The van der Waals surface area contributed by atoms with Gasteiger partial charge in [-0.25, -0.2) is 0 Å². The van der Waals surface area contributed by atoms with E-state index in [9.17, 15) is 14.4 Å². The smallest absolute Gasteiger partial charge is 0.263 e. The van der Waals surface area contributed by atoms with Crippen molar-refractivity contribution >= 4 is 40.6 Å². The molecule has 2 atom stereocenters. The van der Waals surface area contributed by atoms with Crippen molar-refractivity contribution in [1.29, 1.82) is 0 Å². The van der Waals surface area contributed by atoms with Gasteiger partial charge in [0.25, 0.3) is 11.8 Å². The van der Waals surface area contributed by atoms with Crippen LogP contribution in [-0.4, -0.2) is 30.2 Å². The molecule has 2 aliphatic rings. The van der Waals surface area contributed by atoms with E-state index < -0.39 is 11.8 Å². The summed E-state index contributed by atoms with van der Waals surface area (Å²) in [4.78, 5) is 43.6. The lowest BCUT2D eigenvalue weighted by Gasteiger charge is -2.46. The highest BCUT2D eigenvalue weighted by Crippen LogP contribution is 2.43. The topological polar surface area (TPSA) is 57.7 Å². The maximum Gasteiger partial charge on any atom is 0.263 e. The van der Waals surface area contributed by atoms with Crippen LogP contribution in [0.5, 0.6) is 0 Å². The number of benzene rings is 2. The summed E-state index contributed by atoms with van der Waals surface area (Å²) in [7, 11) is 0. The molecule has 1 aliphatic carbocycles. The zero-order chi connectivity index (χ0) is 23.0. The predicted octanol–water partition coefficient (Wildman–Crippen LogP) is 5.04. The summed E-state index contributed by atoms with van der Waals surface area (Å²) in [5, 5.41) is 0.558. The highest BCUT2D eigenvalue weighted by atomic mass is 35.5. The maximum atomic E-state index is 13.7. The van der Waals surface area contributed by atoms with Crippen LogP contribution in [0.4, 0.5) is 11.4 Å². The molecule has 166 valence electrons. The summed E-state index contributed by atoms with van der Waals surface area (Å²) in [6, 6.07) is 15.9. The molecule has 0 N–H and O–H groups in total. The second-order valence-electron chi connectivity index (χ2n) is 9.22. The zero-order valence-electron chi connectivity index (χ0n) is 18.5. The van der Waals surface area contributed by atoms with Crippen LogP contribution in [0, 0.1) is 11.3 Å². The minimum atomic E-state index is -0.509. The van der Waals surface area contributed by atoms with E-state index in [1.807, 2.05) is 51.1 Å². The van der Waals surface area contributed by atoms with Crippen molar-refractivity contribution < 1.29 is 14.4 Å². The summed E-state index contributed by atoms with van der Waals surface area (Å²) >= 11 is 6.07. The number of anilines is 2. The first-order chi connectivity index (χ1) is 15.2. The fraction of sp³-hybridized carbons (Fsp3) is 0.346. The second-order valence-corrected chi connectivity index (χ2v) is 9.66. The molecule has 5 nitrogen and oxygen atoms in total. The summed E-state index contributed by atoms with van der Waals surface area (Å²) in [6.07, 6.45) is 2.71. The number of fused-ring (bicyclic) bond motifs is 1. The molecule has 2 aromatic rings. The van der Waals surface area contributed by atoms with Gasteiger partial charge in [0.1, 0.15) is 11.4 Å². The van der Waals surface area contributed by atoms with Gasteiger partial charge in [0, 0.05) is 29.4 Å². The van der Waals surface area contributed by atoms with Crippen molar-refractivity contribution in [3.8, 4) is 0 Å². The number of nitrogens with zero attached hydrogens (tertiary/aromatic N) is 2. The van der Waals surface area contributed by atoms with Crippen LogP contribution in [0.3, 0.4) is 0 Å². The summed E-state index contributed by atoms with van der Waals surface area (Å²) in [5.74, 6) is -1.21. The Hall–Kier alpha value is -2.92. The van der Waals surface area contributed by atoms with Gasteiger partial charge in [-0.2, -0.15) is 0 Å². The van der Waals surface area contributed by atoms with E-state index in [0.29, 0.717) is 35.8 Å². The third-order valence-corrected chi connectivity index (χ3v) is 6.54. The molecule has 2 aromatic carbocycles. The van der Waals surface area contributed by atoms with Crippen LogP contribution in [0.2, 0.25) is 5.02 Å². The number of ketones is 1. The number of likely N-dealkylation sites (N-methyl/N-ethyl adjacent to an activating group) is 1. The van der Waals surface area contributed by atoms with Gasteiger partial charge >= 0.3 is 0 Å². The molecule has 0 bridgehead atoms. The highest BCUT2D eigenvalue weighted by molar-refractivity contribution is 6.31. The van der Waals surface area contributed by atoms with E-state index in [1.165, 1.54) is 0 Å². The van der Waals surface area contributed by atoms with E-state index in [0.717, 1.165) is 0 Å². The van der Waals surface area contributed by atoms with Crippen LogP contribution in [-0.2, 0) is 14.4 Å². The van der Waals surface area contributed by atoms with Gasteiger partial charge in [-0.15, -0.1) is 0 Å². The third-order valence-electron chi connectivity index (χ3n) is 6.29. The Bertz CT molecular complexity index is 1080. The molecule has 0 radical (unpaired) electrons. The summed E-state index contributed by atoms with van der Waals surface area (Å²) in [5.41, 5.74) is 1.17. The lowest BCUT2D eigenvalue weighted by molar-refractivity contribution is -0.128. The molecule has 1 aliphatic heterocycles. The second kappa shape index (κ2) is 8.55. The van der Waals surface area contributed by atoms with Gasteiger partial charge in [-0.3, -0.25) is 14.4 Å². The number of amides is 2. The SMILES string of the molecule is CCN(C(=O)C1=CC2C(=O)CC(C)(C)CC2N(c2ccc(Cl)cc2)C1=O)c1ccccc1. The summed E-state index contributed by atoms with van der Waals surface area (Å²) in [6.45, 7) is 6.37. The first kappa shape index (κ1) is 22.3. The molecule has 0 saturated heterocycles. The molecule has 4 rings (SSSR count). The molecular formula is C26H27ClN2O3. The molecule has 2 unspecified atom stereocenters. The summed E-state index contributed by atoms with van der Waals surface area (Å²) < 4.78 is 0. The zero-order valence-corrected chi connectivity index (χ0v) is 19.3. The van der Waals surface area contributed by atoms with Crippen LogP contribution in [0.1, 0.15) is 33.6 Å². The van der Waals surface area contributed by atoms with E-state index in [4.69, 9.17) is 11.6 Å². The molecule has 32 heavy (non-hydrogen) atoms. The van der Waals surface area contributed by atoms with Crippen LogP contribution < -0.4 is 9.80 Å². The fourth-order valence-electron chi connectivity index (χ4n) is 4.83. The molecule has 2 amide bonds. The lowest BCUT2D eigenvalue weighted by atomic mass is 9.67. The number of hydrogen-bond acceptors (Lipinski definition) is 3. The van der Waals surface area contributed by atoms with Crippen molar-refractivity contribution in [3.05, 3.63) is 71.3 Å². The molecule has 6 heteroatoms. The van der Waals surface area contributed by atoms with E-state index in [1.54, 1.807) is 40.1 Å². The molecular weight excluding hydrogens is 424 g/mol. The Morgan fingerprint density at radius 3 is 2.38 bits per heavy atom. The number of Topliss-reactive ketones (excluding diaryl/α,β-unsaturated/α-hetero) is 1. The Kier molecular flexibility index (Phi) is 5.95. The van der Waals surface area contributed by atoms with Crippen LogP contribution in [0.15, 0.2) is 66.2 Å². The normalized spacial score (nSPS) is 22.2. The van der Waals surface area contributed by atoms with Crippen molar-refractivity contribution in [1.82, 2.24) is 0 Å². The Labute approximate surface area is 193 Å². The first-order valence-corrected chi connectivity index (χ1v) is 11.3. The first-order valence-electron chi connectivity index (χ1n) is 10.9. The van der Waals surface area contributed by atoms with Crippen LogP contribution >= 0.6 is 11.6 Å². The number of carbonyl (C=O) groups excluding carboxylic acids is 3. The Morgan fingerprint density at radius 1 is 1.09 bits per heavy atom. The minimum absolute atomic E-state index is 0.0416. The third kappa shape index (κ3) is 4.09. The average Bonchev–Trinajstić information content (AvgIpc) is 2.75. The van der Waals surface area contributed by atoms with Crippen molar-refractivity contribution in [2.45, 2.75) is 39.7 Å². The number of carbonyl (C=O) groups is 3. The van der Waals surface area contributed by atoms with E-state index in [-0.39, 0.29) is 28.7 Å². The Morgan fingerprint density at radius 2 is 1.75 bits per heavy atom. The monoisotopic (exact) mass is 450 g/mol. The number of halogens is 1. The van der Waals surface area contributed by atoms with Gasteiger partial charge in [0.15, 0.2) is 0 Å².